The molecule has 0 fully saturated rings. The number of hydrogen-bond acceptors (Lipinski definition) is 9. The molecule has 14 heteroatoms. The Balaban J connectivity index is 1.74. The van der Waals surface area contributed by atoms with E-state index in [9.17, 15) is 39.4 Å². The number of carbonyl (C=O) groups excluding carboxylic acids is 4. The van der Waals surface area contributed by atoms with Crippen molar-refractivity contribution < 1.29 is 33.8 Å². The van der Waals surface area contributed by atoms with Gasteiger partial charge in [-0.25, -0.2) is 4.79 Å². The van der Waals surface area contributed by atoms with Crippen LogP contribution >= 0.6 is 23.2 Å². The Morgan fingerprint density at radius 3 is 2.29 bits per heavy atom. The maximum Gasteiger partial charge on any atom is 0.339 e. The lowest BCUT2D eigenvalue weighted by Crippen LogP contribution is -2.38. The Bertz CT molecular complexity index is 1560. The van der Waals surface area contributed by atoms with E-state index in [0.29, 0.717) is 6.07 Å². The SMILES string of the molecule is O=C(Nc1ccc([N+](=O)[O-])cc1[N+](=O)[O-])C(=O)[C@@H](C(=O)c1ccc(Cl)c(Cl)c1)[C@H]1OC(=O)c2ccccc21. The van der Waals surface area contributed by atoms with Crippen molar-refractivity contribution in [2.24, 2.45) is 5.92 Å². The Labute approximate surface area is 222 Å². The molecule has 1 N–H and O–H groups in total. The Hall–Kier alpha value is -4.68. The Morgan fingerprint density at radius 2 is 1.63 bits per heavy atom. The van der Waals surface area contributed by atoms with E-state index in [4.69, 9.17) is 27.9 Å². The number of benzene rings is 3. The number of nitro benzene ring substituents is 2. The molecule has 3 aromatic rings. The van der Waals surface area contributed by atoms with Gasteiger partial charge in [-0.05, 0) is 30.3 Å². The summed E-state index contributed by atoms with van der Waals surface area (Å²) in [5.41, 5.74) is -1.86. The number of non-ortho nitro benzene ring substituents is 1. The first-order valence-corrected chi connectivity index (χ1v) is 11.3. The van der Waals surface area contributed by atoms with Crippen molar-refractivity contribution in [1.29, 1.82) is 0 Å². The molecule has 3 aromatic carbocycles. The molecule has 0 spiro atoms. The number of amides is 1. The van der Waals surface area contributed by atoms with E-state index in [1.165, 1.54) is 30.3 Å². The van der Waals surface area contributed by atoms with Crippen LogP contribution in [0.15, 0.2) is 60.7 Å². The topological polar surface area (TPSA) is 176 Å². The molecule has 0 aromatic heterocycles. The Kier molecular flexibility index (Phi) is 7.19. The predicted molar refractivity (Wildman–Crippen MR) is 132 cm³/mol. The highest BCUT2D eigenvalue weighted by Crippen LogP contribution is 2.39. The zero-order valence-corrected chi connectivity index (χ0v) is 20.3. The molecule has 0 unspecified atom stereocenters. The van der Waals surface area contributed by atoms with Crippen LogP contribution < -0.4 is 5.32 Å². The highest BCUT2D eigenvalue weighted by molar-refractivity contribution is 6.46. The van der Waals surface area contributed by atoms with Gasteiger partial charge in [0, 0.05) is 17.2 Å². The van der Waals surface area contributed by atoms with Gasteiger partial charge in [0.1, 0.15) is 17.7 Å². The van der Waals surface area contributed by atoms with Crippen molar-refractivity contribution in [2.45, 2.75) is 6.10 Å². The summed E-state index contributed by atoms with van der Waals surface area (Å²) in [5.74, 6) is -6.51. The van der Waals surface area contributed by atoms with Gasteiger partial charge in [0.25, 0.3) is 17.3 Å². The summed E-state index contributed by atoms with van der Waals surface area (Å²) in [7, 11) is 0. The number of hydrogen-bond donors (Lipinski definition) is 1. The predicted octanol–water partition coefficient (Wildman–Crippen LogP) is 4.73. The first-order chi connectivity index (χ1) is 18.0. The van der Waals surface area contributed by atoms with Crippen molar-refractivity contribution in [1.82, 2.24) is 0 Å². The minimum atomic E-state index is -1.91. The van der Waals surface area contributed by atoms with Crippen molar-refractivity contribution in [3.8, 4) is 0 Å². The van der Waals surface area contributed by atoms with Gasteiger partial charge in [-0.2, -0.15) is 0 Å². The molecule has 0 saturated carbocycles. The van der Waals surface area contributed by atoms with Crippen LogP contribution in [0.5, 0.6) is 0 Å². The summed E-state index contributed by atoms with van der Waals surface area (Å²) >= 11 is 11.9. The molecule has 0 bridgehead atoms. The van der Waals surface area contributed by atoms with Gasteiger partial charge >= 0.3 is 5.97 Å². The number of esters is 1. The van der Waals surface area contributed by atoms with Gasteiger partial charge in [0.15, 0.2) is 5.78 Å². The summed E-state index contributed by atoms with van der Waals surface area (Å²) in [6, 6.07) is 12.1. The summed E-state index contributed by atoms with van der Waals surface area (Å²) in [5, 5.41) is 24.5. The first-order valence-electron chi connectivity index (χ1n) is 10.6. The van der Waals surface area contributed by atoms with Gasteiger partial charge in [-0.3, -0.25) is 34.6 Å². The molecule has 2 atom stereocenters. The van der Waals surface area contributed by atoms with Gasteiger partial charge in [0.05, 0.1) is 31.5 Å². The average Bonchev–Trinajstić information content (AvgIpc) is 3.21. The van der Waals surface area contributed by atoms with Crippen LogP contribution in [-0.2, 0) is 14.3 Å². The van der Waals surface area contributed by atoms with Gasteiger partial charge < -0.3 is 10.1 Å². The molecule has 12 nitrogen and oxygen atoms in total. The van der Waals surface area contributed by atoms with Gasteiger partial charge in [-0.15, -0.1) is 0 Å². The maximum absolute atomic E-state index is 13.5. The fraction of sp³-hybridized carbons (Fsp3) is 0.0833. The molecule has 0 saturated heterocycles. The number of halogens is 2. The molecule has 1 heterocycles. The quantitative estimate of drug-likeness (QED) is 0.102. The molecule has 192 valence electrons. The number of ether oxygens (including phenoxy) is 1. The van der Waals surface area contributed by atoms with E-state index in [1.54, 1.807) is 12.1 Å². The molecular formula is C24H13Cl2N3O9. The van der Waals surface area contributed by atoms with Crippen LogP contribution in [0.2, 0.25) is 10.0 Å². The normalized spacial score (nSPS) is 14.7. The van der Waals surface area contributed by atoms with Gasteiger partial charge in [-0.1, -0.05) is 41.4 Å². The maximum atomic E-state index is 13.5. The van der Waals surface area contributed by atoms with Crippen LogP contribution in [0.4, 0.5) is 17.1 Å². The molecular weight excluding hydrogens is 545 g/mol. The summed E-state index contributed by atoms with van der Waals surface area (Å²) in [4.78, 5) is 72.9. The lowest BCUT2D eigenvalue weighted by molar-refractivity contribution is -0.393. The molecule has 0 aliphatic carbocycles. The van der Waals surface area contributed by atoms with Gasteiger partial charge in [0.2, 0.25) is 5.78 Å². The second-order valence-electron chi connectivity index (χ2n) is 7.92. The monoisotopic (exact) mass is 557 g/mol. The minimum Gasteiger partial charge on any atom is -0.453 e. The number of cyclic esters (lactones) is 1. The average molecular weight is 558 g/mol. The molecule has 0 radical (unpaired) electrons. The number of nitro groups is 2. The van der Waals surface area contributed by atoms with Crippen molar-refractivity contribution in [3.05, 3.63) is 108 Å². The lowest BCUT2D eigenvalue weighted by Gasteiger charge is -2.21. The standard InChI is InChI=1S/C24H13Cl2N3O9/c25-15-7-5-11(9-16(15)26)20(30)19(22-13-3-1-2-4-14(13)24(33)38-22)21(31)23(32)27-17-8-6-12(28(34)35)10-18(17)29(36)37/h1-10,19,22H,(H,27,32)/t19-,22+/m1/s1. The lowest BCUT2D eigenvalue weighted by atomic mass is 9.84. The summed E-state index contributed by atoms with van der Waals surface area (Å²) < 4.78 is 5.31. The zero-order valence-electron chi connectivity index (χ0n) is 18.8. The van der Waals surface area contributed by atoms with Crippen LogP contribution in [0, 0.1) is 26.1 Å². The van der Waals surface area contributed by atoms with E-state index in [1.807, 2.05) is 5.32 Å². The van der Waals surface area contributed by atoms with E-state index in [-0.39, 0.29) is 26.7 Å². The molecule has 1 aliphatic rings. The Morgan fingerprint density at radius 1 is 0.921 bits per heavy atom. The molecule has 4 rings (SSSR count). The van der Waals surface area contributed by atoms with Crippen molar-refractivity contribution >= 4 is 63.7 Å². The summed E-state index contributed by atoms with van der Waals surface area (Å²) in [6.07, 6.45) is -1.49. The second kappa shape index (κ2) is 10.4. The first kappa shape index (κ1) is 26.4. The number of carbonyl (C=O) groups is 4. The zero-order chi connectivity index (χ0) is 27.7. The smallest absolute Gasteiger partial charge is 0.339 e. The third-order valence-electron chi connectivity index (χ3n) is 5.65. The number of Topliss-reactive ketones (excluding diaryl/α,β-unsaturated/α-hetero) is 2. The van der Waals surface area contributed by atoms with Crippen molar-refractivity contribution in [3.63, 3.8) is 0 Å². The molecule has 1 aliphatic heterocycles. The van der Waals surface area contributed by atoms with Crippen LogP contribution in [0.1, 0.15) is 32.4 Å². The highest BCUT2D eigenvalue weighted by Gasteiger charge is 2.46. The van der Waals surface area contributed by atoms with E-state index >= 15 is 0 Å². The van der Waals surface area contributed by atoms with Crippen LogP contribution in [0.3, 0.4) is 0 Å². The molecule has 1 amide bonds. The van der Waals surface area contributed by atoms with E-state index < -0.39 is 62.4 Å². The third-order valence-corrected chi connectivity index (χ3v) is 6.39. The fourth-order valence-corrected chi connectivity index (χ4v) is 4.16. The van der Waals surface area contributed by atoms with Crippen molar-refractivity contribution in [2.75, 3.05) is 5.32 Å². The van der Waals surface area contributed by atoms with Crippen LogP contribution in [0.25, 0.3) is 0 Å². The number of rotatable bonds is 8. The molecule has 38 heavy (non-hydrogen) atoms. The summed E-state index contributed by atoms with van der Waals surface area (Å²) in [6.45, 7) is 0. The largest absolute Gasteiger partial charge is 0.453 e. The number of fused-ring (bicyclic) bond motifs is 1. The third kappa shape index (κ3) is 4.94. The van der Waals surface area contributed by atoms with Crippen LogP contribution in [-0.4, -0.2) is 33.3 Å². The van der Waals surface area contributed by atoms with E-state index in [0.717, 1.165) is 12.1 Å². The number of nitrogens with zero attached hydrogens (tertiary/aromatic N) is 2. The number of nitrogens with one attached hydrogen (secondary N) is 1. The number of anilines is 1. The minimum absolute atomic E-state index is 0.0153. The van der Waals surface area contributed by atoms with E-state index in [2.05, 4.69) is 0 Å². The number of ketones is 2. The fourth-order valence-electron chi connectivity index (χ4n) is 3.86. The highest BCUT2D eigenvalue weighted by atomic mass is 35.5. The second-order valence-corrected chi connectivity index (χ2v) is 8.73.